The first-order chi connectivity index (χ1) is 10.7. The minimum absolute atomic E-state index is 0.227. The van der Waals surface area contributed by atoms with Gasteiger partial charge in [0.25, 0.3) is 0 Å². The van der Waals surface area contributed by atoms with Crippen molar-refractivity contribution < 1.29 is 9.15 Å². The molecule has 2 heterocycles. The molecule has 1 aliphatic rings. The Hall–Kier alpha value is -2.08. The Morgan fingerprint density at radius 2 is 2.14 bits per heavy atom. The minimum Gasteiger partial charge on any atom is -0.493 e. The number of thiocarbonyl (C=S) groups is 1. The summed E-state index contributed by atoms with van der Waals surface area (Å²) in [6, 6.07) is 7.58. The van der Waals surface area contributed by atoms with E-state index in [4.69, 9.17) is 21.4 Å². The van der Waals surface area contributed by atoms with Crippen molar-refractivity contribution in [3.05, 3.63) is 42.5 Å². The van der Waals surface area contributed by atoms with Crippen molar-refractivity contribution in [3.63, 3.8) is 0 Å². The van der Waals surface area contributed by atoms with E-state index >= 15 is 0 Å². The second-order valence-corrected chi connectivity index (χ2v) is 5.81. The molecule has 0 aliphatic heterocycles. The van der Waals surface area contributed by atoms with Crippen LogP contribution in [0.1, 0.15) is 31.4 Å². The average Bonchev–Trinajstić information content (AvgIpc) is 3.19. The van der Waals surface area contributed by atoms with Gasteiger partial charge in [0, 0.05) is 6.20 Å². The number of furan rings is 1. The molecule has 0 saturated heterocycles. The smallest absolute Gasteiger partial charge is 0.174 e. The number of hydrogen-bond acceptors (Lipinski definition) is 4. The van der Waals surface area contributed by atoms with Gasteiger partial charge in [0.1, 0.15) is 5.76 Å². The van der Waals surface area contributed by atoms with Crippen LogP contribution in [-0.4, -0.2) is 17.2 Å². The summed E-state index contributed by atoms with van der Waals surface area (Å²) in [6.07, 6.45) is 7.72. The van der Waals surface area contributed by atoms with Crippen molar-refractivity contribution in [2.24, 2.45) is 0 Å². The van der Waals surface area contributed by atoms with Gasteiger partial charge in [-0.3, -0.25) is 0 Å². The maximum atomic E-state index is 5.63. The third-order valence-electron chi connectivity index (χ3n) is 4.03. The Balaban J connectivity index is 1.75. The molecular formula is C16H19N3O2S. The summed E-state index contributed by atoms with van der Waals surface area (Å²) in [5, 5.41) is 7.07. The minimum atomic E-state index is -0.227. The molecule has 0 radical (unpaired) electrons. The molecule has 1 saturated carbocycles. The van der Waals surface area contributed by atoms with Crippen LogP contribution in [0, 0.1) is 0 Å². The van der Waals surface area contributed by atoms with Gasteiger partial charge in [-0.2, -0.15) is 0 Å². The molecule has 2 aromatic heterocycles. The average molecular weight is 317 g/mol. The summed E-state index contributed by atoms with van der Waals surface area (Å²) >= 11 is 5.47. The van der Waals surface area contributed by atoms with Gasteiger partial charge in [0.15, 0.2) is 16.7 Å². The first-order valence-electron chi connectivity index (χ1n) is 7.36. The van der Waals surface area contributed by atoms with Crippen LogP contribution >= 0.6 is 12.2 Å². The van der Waals surface area contributed by atoms with Gasteiger partial charge in [0.05, 0.1) is 18.9 Å². The molecule has 0 spiro atoms. The normalized spacial score (nSPS) is 16.2. The summed E-state index contributed by atoms with van der Waals surface area (Å²) in [5.41, 5.74) is -0.227. The van der Waals surface area contributed by atoms with Crippen LogP contribution in [0.5, 0.6) is 5.75 Å². The molecule has 0 bridgehead atoms. The van der Waals surface area contributed by atoms with Crippen molar-refractivity contribution in [2.45, 2.75) is 31.2 Å². The topological polar surface area (TPSA) is 59.3 Å². The van der Waals surface area contributed by atoms with Crippen molar-refractivity contribution >= 4 is 23.1 Å². The van der Waals surface area contributed by atoms with E-state index in [0.717, 1.165) is 31.4 Å². The first kappa shape index (κ1) is 14.8. The standard InChI is InChI=1S/C16H19N3O2S/c1-20-12-6-4-10-17-14(12)18-15(22)19-16(8-2-3-9-16)13-7-5-11-21-13/h4-7,10-11H,2-3,8-9H2,1H3,(H2,17,18,19,22). The molecule has 0 aromatic carbocycles. The van der Waals surface area contributed by atoms with Crippen LogP contribution in [0.25, 0.3) is 0 Å². The van der Waals surface area contributed by atoms with E-state index in [1.165, 1.54) is 0 Å². The molecule has 5 nitrogen and oxygen atoms in total. The van der Waals surface area contributed by atoms with E-state index in [0.29, 0.717) is 16.7 Å². The number of aromatic nitrogens is 1. The molecule has 0 amide bonds. The van der Waals surface area contributed by atoms with E-state index < -0.39 is 0 Å². The number of anilines is 1. The van der Waals surface area contributed by atoms with Gasteiger partial charge in [-0.1, -0.05) is 12.8 Å². The second kappa shape index (κ2) is 6.36. The van der Waals surface area contributed by atoms with Crippen molar-refractivity contribution in [2.75, 3.05) is 12.4 Å². The van der Waals surface area contributed by atoms with E-state index in [1.807, 2.05) is 24.3 Å². The molecule has 6 heteroatoms. The highest BCUT2D eigenvalue weighted by atomic mass is 32.1. The Morgan fingerprint density at radius 3 is 2.82 bits per heavy atom. The van der Waals surface area contributed by atoms with Gasteiger partial charge in [-0.15, -0.1) is 0 Å². The third-order valence-corrected chi connectivity index (χ3v) is 4.23. The Morgan fingerprint density at radius 1 is 1.32 bits per heavy atom. The van der Waals surface area contributed by atoms with Crippen molar-refractivity contribution in [3.8, 4) is 5.75 Å². The number of nitrogens with one attached hydrogen (secondary N) is 2. The Labute approximate surface area is 135 Å². The lowest BCUT2D eigenvalue weighted by atomic mass is 9.94. The van der Waals surface area contributed by atoms with Crippen molar-refractivity contribution in [1.82, 2.24) is 10.3 Å². The quantitative estimate of drug-likeness (QED) is 0.843. The molecule has 116 valence electrons. The highest BCUT2D eigenvalue weighted by Gasteiger charge is 2.38. The van der Waals surface area contributed by atoms with E-state index in [-0.39, 0.29) is 5.54 Å². The van der Waals surface area contributed by atoms with Crippen LogP contribution in [-0.2, 0) is 5.54 Å². The number of hydrogen-bond donors (Lipinski definition) is 2. The van der Waals surface area contributed by atoms with Crippen LogP contribution in [0.2, 0.25) is 0 Å². The lowest BCUT2D eigenvalue weighted by Gasteiger charge is -2.29. The van der Waals surface area contributed by atoms with Crippen LogP contribution < -0.4 is 15.4 Å². The summed E-state index contributed by atoms with van der Waals surface area (Å²) in [4.78, 5) is 4.26. The zero-order valence-corrected chi connectivity index (χ0v) is 13.3. The fourth-order valence-corrected chi connectivity index (χ4v) is 3.26. The predicted molar refractivity (Wildman–Crippen MR) is 89.0 cm³/mol. The van der Waals surface area contributed by atoms with E-state index in [1.54, 1.807) is 19.6 Å². The molecule has 0 unspecified atom stereocenters. The van der Waals surface area contributed by atoms with Crippen LogP contribution in [0.4, 0.5) is 5.82 Å². The summed E-state index contributed by atoms with van der Waals surface area (Å²) in [7, 11) is 1.61. The molecule has 2 aromatic rings. The number of pyridine rings is 1. The number of rotatable bonds is 4. The molecular weight excluding hydrogens is 298 g/mol. The zero-order chi connectivity index (χ0) is 15.4. The van der Waals surface area contributed by atoms with Gasteiger partial charge >= 0.3 is 0 Å². The lowest BCUT2D eigenvalue weighted by molar-refractivity contribution is 0.317. The van der Waals surface area contributed by atoms with E-state index in [2.05, 4.69) is 15.6 Å². The monoisotopic (exact) mass is 317 g/mol. The third kappa shape index (κ3) is 2.92. The number of nitrogens with zero attached hydrogens (tertiary/aromatic N) is 1. The Kier molecular flexibility index (Phi) is 4.29. The summed E-state index contributed by atoms with van der Waals surface area (Å²) in [5.74, 6) is 2.20. The second-order valence-electron chi connectivity index (χ2n) is 5.40. The first-order valence-corrected chi connectivity index (χ1v) is 7.76. The largest absolute Gasteiger partial charge is 0.493 e. The number of methoxy groups -OCH3 is 1. The highest BCUT2D eigenvalue weighted by molar-refractivity contribution is 7.80. The fourth-order valence-electron chi connectivity index (χ4n) is 2.97. The summed E-state index contributed by atoms with van der Waals surface area (Å²) < 4.78 is 10.9. The van der Waals surface area contributed by atoms with Crippen molar-refractivity contribution in [1.29, 1.82) is 0 Å². The molecule has 3 rings (SSSR count). The molecule has 1 fully saturated rings. The van der Waals surface area contributed by atoms with Crippen LogP contribution in [0.15, 0.2) is 41.1 Å². The number of ether oxygens (including phenoxy) is 1. The molecule has 2 N–H and O–H groups in total. The van der Waals surface area contributed by atoms with Gasteiger partial charge in [-0.05, 0) is 49.3 Å². The lowest BCUT2D eigenvalue weighted by Crippen LogP contribution is -2.45. The Bertz CT molecular complexity index is 637. The highest BCUT2D eigenvalue weighted by Crippen LogP contribution is 2.39. The summed E-state index contributed by atoms with van der Waals surface area (Å²) in [6.45, 7) is 0. The SMILES string of the molecule is COc1cccnc1NC(=S)NC1(c2ccco2)CCCC1. The predicted octanol–water partition coefficient (Wildman–Crippen LogP) is 3.44. The maximum absolute atomic E-state index is 5.63. The van der Waals surface area contributed by atoms with E-state index in [9.17, 15) is 0 Å². The fraction of sp³-hybridized carbons (Fsp3) is 0.375. The van der Waals surface area contributed by atoms with Gasteiger partial charge in [-0.25, -0.2) is 4.98 Å². The zero-order valence-electron chi connectivity index (χ0n) is 12.5. The molecule has 22 heavy (non-hydrogen) atoms. The molecule has 0 atom stereocenters. The molecule has 1 aliphatic carbocycles. The van der Waals surface area contributed by atoms with Gasteiger partial charge in [0.2, 0.25) is 0 Å². The maximum Gasteiger partial charge on any atom is 0.174 e. The van der Waals surface area contributed by atoms with Crippen LogP contribution in [0.3, 0.4) is 0 Å². The van der Waals surface area contributed by atoms with Gasteiger partial charge < -0.3 is 19.8 Å².